The summed E-state index contributed by atoms with van der Waals surface area (Å²) in [6, 6.07) is 7.14. The van der Waals surface area contributed by atoms with Gasteiger partial charge in [-0.25, -0.2) is 0 Å². The zero-order valence-electron chi connectivity index (χ0n) is 9.97. The lowest BCUT2D eigenvalue weighted by molar-refractivity contribution is -0.141. The number of carboxylic acid groups (broad SMARTS) is 1. The van der Waals surface area contributed by atoms with Crippen LogP contribution in [0.25, 0.3) is 0 Å². The number of aliphatic carboxylic acids is 1. The second-order valence-corrected chi connectivity index (χ2v) is 4.96. The minimum absolute atomic E-state index is 0.0855. The Morgan fingerprint density at radius 1 is 1.28 bits per heavy atom. The van der Waals surface area contributed by atoms with E-state index in [2.05, 4.69) is 0 Å². The van der Waals surface area contributed by atoms with Crippen LogP contribution in [0.4, 0.5) is 0 Å². The molecule has 1 aromatic rings. The van der Waals surface area contributed by atoms with Crippen molar-refractivity contribution in [2.24, 2.45) is 5.92 Å². The van der Waals surface area contributed by atoms with Gasteiger partial charge in [-0.15, -0.1) is 0 Å². The van der Waals surface area contributed by atoms with Crippen molar-refractivity contribution in [3.05, 3.63) is 34.9 Å². The van der Waals surface area contributed by atoms with Crippen molar-refractivity contribution in [3.8, 4) is 0 Å². The summed E-state index contributed by atoms with van der Waals surface area (Å²) in [6.07, 6.45) is 0. The molecule has 0 aliphatic carbocycles. The number of rotatable bonds is 2. The molecule has 18 heavy (non-hydrogen) atoms. The van der Waals surface area contributed by atoms with E-state index in [1.54, 1.807) is 17.0 Å². The van der Waals surface area contributed by atoms with Crippen LogP contribution >= 0.6 is 11.6 Å². The summed E-state index contributed by atoms with van der Waals surface area (Å²) in [5, 5.41) is 9.85. The number of likely N-dealkylation sites (tertiary alicyclic amines) is 1. The molecule has 2 atom stereocenters. The van der Waals surface area contributed by atoms with E-state index in [4.69, 9.17) is 11.6 Å². The Morgan fingerprint density at radius 3 is 2.39 bits per heavy atom. The van der Waals surface area contributed by atoms with Crippen LogP contribution in [0.15, 0.2) is 24.3 Å². The fourth-order valence-corrected chi connectivity index (χ4v) is 2.48. The molecule has 2 rings (SSSR count). The Labute approximate surface area is 110 Å². The van der Waals surface area contributed by atoms with E-state index in [0.717, 1.165) is 5.56 Å². The molecule has 0 spiro atoms. The maximum atomic E-state index is 11.4. The number of carbonyl (C=O) groups excluding carboxylic acids is 1. The quantitative estimate of drug-likeness (QED) is 0.891. The molecule has 0 saturated carbocycles. The molecule has 1 aliphatic heterocycles. The van der Waals surface area contributed by atoms with Crippen LogP contribution in [0, 0.1) is 5.92 Å². The van der Waals surface area contributed by atoms with E-state index >= 15 is 0 Å². The number of amides is 1. The standard InChI is InChI=1S/C13H14ClNO3/c1-8(16)15-6-11(12(7-15)13(17)18)9-2-4-10(14)5-3-9/h2-5,11-12H,6-7H2,1H3,(H,17,18)/t11-,12+/m1/s1. The van der Waals surface area contributed by atoms with Gasteiger partial charge in [-0.05, 0) is 17.7 Å². The zero-order chi connectivity index (χ0) is 13.3. The first kappa shape index (κ1) is 12.9. The summed E-state index contributed by atoms with van der Waals surface area (Å²) in [5.41, 5.74) is 0.913. The number of halogens is 1. The summed E-state index contributed by atoms with van der Waals surface area (Å²) >= 11 is 5.82. The Balaban J connectivity index is 2.27. The topological polar surface area (TPSA) is 57.6 Å². The third kappa shape index (κ3) is 2.48. The molecular weight excluding hydrogens is 254 g/mol. The Kier molecular flexibility index (Phi) is 3.57. The van der Waals surface area contributed by atoms with Crippen molar-refractivity contribution >= 4 is 23.5 Å². The van der Waals surface area contributed by atoms with Crippen LogP contribution in [0.3, 0.4) is 0 Å². The maximum Gasteiger partial charge on any atom is 0.308 e. The van der Waals surface area contributed by atoms with Gasteiger partial charge in [0, 0.05) is 31.0 Å². The Morgan fingerprint density at radius 2 is 1.89 bits per heavy atom. The minimum Gasteiger partial charge on any atom is -0.481 e. The molecule has 1 fully saturated rings. The first-order valence-corrected chi connectivity index (χ1v) is 6.10. The van der Waals surface area contributed by atoms with E-state index in [0.29, 0.717) is 11.6 Å². The van der Waals surface area contributed by atoms with Gasteiger partial charge in [0.05, 0.1) is 5.92 Å². The highest BCUT2D eigenvalue weighted by atomic mass is 35.5. The van der Waals surface area contributed by atoms with Crippen molar-refractivity contribution in [2.45, 2.75) is 12.8 Å². The summed E-state index contributed by atoms with van der Waals surface area (Å²) in [4.78, 5) is 24.2. The van der Waals surface area contributed by atoms with Crippen molar-refractivity contribution in [2.75, 3.05) is 13.1 Å². The highest BCUT2D eigenvalue weighted by Crippen LogP contribution is 2.33. The third-order valence-corrected chi connectivity index (χ3v) is 3.63. The number of carbonyl (C=O) groups is 2. The van der Waals surface area contributed by atoms with Gasteiger partial charge >= 0.3 is 5.97 Å². The highest BCUT2D eigenvalue weighted by molar-refractivity contribution is 6.30. The SMILES string of the molecule is CC(=O)N1C[C@H](C(=O)O)[C@@H](c2ccc(Cl)cc2)C1. The first-order chi connectivity index (χ1) is 8.49. The molecule has 0 aromatic heterocycles. The average Bonchev–Trinajstić information content (AvgIpc) is 2.75. The molecule has 1 saturated heterocycles. The molecule has 1 heterocycles. The molecule has 1 aliphatic rings. The fourth-order valence-electron chi connectivity index (χ4n) is 2.36. The predicted molar refractivity (Wildman–Crippen MR) is 67.6 cm³/mol. The molecule has 0 bridgehead atoms. The average molecular weight is 268 g/mol. The first-order valence-electron chi connectivity index (χ1n) is 5.73. The van der Waals surface area contributed by atoms with Gasteiger partial charge in [-0.2, -0.15) is 0 Å². The molecule has 4 nitrogen and oxygen atoms in total. The Hall–Kier alpha value is -1.55. The Bertz CT molecular complexity index is 472. The molecule has 1 N–H and O–H groups in total. The van der Waals surface area contributed by atoms with Crippen LogP contribution in [0.1, 0.15) is 18.4 Å². The molecule has 5 heteroatoms. The van der Waals surface area contributed by atoms with Crippen LogP contribution in [-0.2, 0) is 9.59 Å². The van der Waals surface area contributed by atoms with Crippen LogP contribution in [0.2, 0.25) is 5.02 Å². The summed E-state index contributed by atoms with van der Waals surface area (Å²) in [6.45, 7) is 2.19. The summed E-state index contributed by atoms with van der Waals surface area (Å²) in [5.74, 6) is -1.66. The smallest absolute Gasteiger partial charge is 0.308 e. The van der Waals surface area contributed by atoms with Crippen molar-refractivity contribution < 1.29 is 14.7 Å². The molecular formula is C13H14ClNO3. The fraction of sp³-hybridized carbons (Fsp3) is 0.385. The molecule has 96 valence electrons. The van der Waals surface area contributed by atoms with Gasteiger partial charge < -0.3 is 10.0 Å². The van der Waals surface area contributed by atoms with Crippen LogP contribution in [0.5, 0.6) is 0 Å². The minimum atomic E-state index is -0.862. The lowest BCUT2D eigenvalue weighted by Crippen LogP contribution is -2.27. The van der Waals surface area contributed by atoms with E-state index in [1.807, 2.05) is 12.1 Å². The van der Waals surface area contributed by atoms with Crippen molar-refractivity contribution in [1.82, 2.24) is 4.90 Å². The largest absolute Gasteiger partial charge is 0.481 e. The number of carboxylic acids is 1. The molecule has 1 amide bonds. The molecule has 1 aromatic carbocycles. The highest BCUT2D eigenvalue weighted by Gasteiger charge is 2.39. The number of hydrogen-bond donors (Lipinski definition) is 1. The van der Waals surface area contributed by atoms with Crippen molar-refractivity contribution in [3.63, 3.8) is 0 Å². The molecule has 0 radical (unpaired) electrons. The lowest BCUT2D eigenvalue weighted by Gasteiger charge is -2.15. The number of benzene rings is 1. The van der Waals surface area contributed by atoms with Gasteiger partial charge in [0.25, 0.3) is 0 Å². The van der Waals surface area contributed by atoms with Gasteiger partial charge in [-0.1, -0.05) is 23.7 Å². The summed E-state index contributed by atoms with van der Waals surface area (Å²) < 4.78 is 0. The lowest BCUT2D eigenvalue weighted by atomic mass is 9.89. The maximum absolute atomic E-state index is 11.4. The number of nitrogens with zero attached hydrogens (tertiary/aromatic N) is 1. The van der Waals surface area contributed by atoms with Crippen molar-refractivity contribution in [1.29, 1.82) is 0 Å². The van der Waals surface area contributed by atoms with Gasteiger partial charge in [0.2, 0.25) is 5.91 Å². The predicted octanol–water partition coefficient (Wildman–Crippen LogP) is 1.99. The van der Waals surface area contributed by atoms with Gasteiger partial charge in [0.15, 0.2) is 0 Å². The van der Waals surface area contributed by atoms with Crippen LogP contribution in [-0.4, -0.2) is 35.0 Å². The third-order valence-electron chi connectivity index (χ3n) is 3.38. The number of hydrogen-bond acceptors (Lipinski definition) is 2. The van der Waals surface area contributed by atoms with Gasteiger partial charge in [-0.3, -0.25) is 9.59 Å². The second kappa shape index (κ2) is 4.98. The van der Waals surface area contributed by atoms with E-state index < -0.39 is 11.9 Å². The van der Waals surface area contributed by atoms with Crippen LogP contribution < -0.4 is 0 Å². The van der Waals surface area contributed by atoms with E-state index in [1.165, 1.54) is 6.92 Å². The monoisotopic (exact) mass is 267 g/mol. The van der Waals surface area contributed by atoms with E-state index in [-0.39, 0.29) is 18.4 Å². The normalized spacial score (nSPS) is 23.1. The van der Waals surface area contributed by atoms with E-state index in [9.17, 15) is 14.7 Å². The van der Waals surface area contributed by atoms with Gasteiger partial charge in [0.1, 0.15) is 0 Å². The zero-order valence-corrected chi connectivity index (χ0v) is 10.7. The second-order valence-electron chi connectivity index (χ2n) is 4.53. The summed E-state index contributed by atoms with van der Waals surface area (Å²) in [7, 11) is 0. The molecule has 0 unspecified atom stereocenters.